The maximum Gasteiger partial charge on any atom is 0.243 e. The van der Waals surface area contributed by atoms with E-state index < -0.39 is 10.0 Å². The molecular formula is C22H24N4O4S. The summed E-state index contributed by atoms with van der Waals surface area (Å²) >= 11 is 0. The fourth-order valence-corrected chi connectivity index (χ4v) is 5.72. The van der Waals surface area contributed by atoms with Gasteiger partial charge in [0.2, 0.25) is 10.0 Å². The van der Waals surface area contributed by atoms with Crippen molar-refractivity contribution in [2.75, 3.05) is 26.3 Å². The first-order valence-corrected chi connectivity index (χ1v) is 11.8. The highest BCUT2D eigenvalue weighted by Gasteiger charge is 2.34. The first kappa shape index (κ1) is 20.0. The molecule has 2 aliphatic heterocycles. The molecule has 1 unspecified atom stereocenters. The van der Waals surface area contributed by atoms with E-state index in [0.29, 0.717) is 44.3 Å². The molecule has 0 aliphatic carbocycles. The molecule has 162 valence electrons. The Morgan fingerprint density at radius 2 is 1.97 bits per heavy atom. The number of nitrogens with zero attached hydrogens (tertiary/aromatic N) is 4. The number of benzene rings is 1. The van der Waals surface area contributed by atoms with Crippen molar-refractivity contribution in [3.05, 3.63) is 54.6 Å². The van der Waals surface area contributed by atoms with Gasteiger partial charge in [0.25, 0.3) is 0 Å². The minimum absolute atomic E-state index is 0.204. The van der Waals surface area contributed by atoms with Crippen molar-refractivity contribution in [3.8, 4) is 22.9 Å². The SMILES string of the molecule is Cc1cnc(-c2cccnc2)n1CC1CCN(S(=O)(=O)c2ccc3c(c2)OCCO3)C1. The predicted octanol–water partition coefficient (Wildman–Crippen LogP) is 2.74. The Bertz CT molecular complexity index is 1190. The molecule has 1 atom stereocenters. The van der Waals surface area contributed by atoms with Crippen molar-refractivity contribution in [2.24, 2.45) is 5.92 Å². The van der Waals surface area contributed by atoms with Gasteiger partial charge in [-0.1, -0.05) is 0 Å². The molecule has 8 nitrogen and oxygen atoms in total. The molecule has 0 N–H and O–H groups in total. The van der Waals surface area contributed by atoms with E-state index in [1.165, 1.54) is 0 Å². The average Bonchev–Trinajstić information content (AvgIpc) is 3.42. The number of aromatic nitrogens is 3. The summed E-state index contributed by atoms with van der Waals surface area (Å²) in [4.78, 5) is 8.98. The maximum atomic E-state index is 13.2. The number of fused-ring (bicyclic) bond motifs is 1. The van der Waals surface area contributed by atoms with Crippen molar-refractivity contribution in [3.63, 3.8) is 0 Å². The molecule has 3 aromatic rings. The zero-order valence-electron chi connectivity index (χ0n) is 17.3. The highest BCUT2D eigenvalue weighted by atomic mass is 32.2. The topological polar surface area (TPSA) is 86.6 Å². The van der Waals surface area contributed by atoms with Crippen LogP contribution in [0.1, 0.15) is 12.1 Å². The summed E-state index contributed by atoms with van der Waals surface area (Å²) in [5.74, 6) is 2.13. The lowest BCUT2D eigenvalue weighted by Crippen LogP contribution is -2.29. The Balaban J connectivity index is 1.34. The van der Waals surface area contributed by atoms with Crippen molar-refractivity contribution >= 4 is 10.0 Å². The van der Waals surface area contributed by atoms with Gasteiger partial charge >= 0.3 is 0 Å². The third-order valence-corrected chi connectivity index (χ3v) is 7.68. The maximum absolute atomic E-state index is 13.2. The molecule has 2 aliphatic rings. The predicted molar refractivity (Wildman–Crippen MR) is 114 cm³/mol. The Labute approximate surface area is 181 Å². The molecule has 0 spiro atoms. The lowest BCUT2D eigenvalue weighted by Gasteiger charge is -2.21. The van der Waals surface area contributed by atoms with Crippen LogP contribution < -0.4 is 9.47 Å². The minimum atomic E-state index is -3.59. The van der Waals surface area contributed by atoms with E-state index in [9.17, 15) is 8.42 Å². The van der Waals surface area contributed by atoms with Crippen molar-refractivity contribution < 1.29 is 17.9 Å². The second-order valence-corrected chi connectivity index (χ2v) is 9.84. The van der Waals surface area contributed by atoms with Crippen LogP contribution in [-0.4, -0.2) is 53.6 Å². The van der Waals surface area contributed by atoms with Crippen molar-refractivity contribution in [1.29, 1.82) is 0 Å². The first-order chi connectivity index (χ1) is 15.0. The standard InChI is InChI=1S/C22H24N4O4S/c1-16-12-24-22(18-3-2-7-23-13-18)26(16)15-17-6-8-25(14-17)31(27,28)19-4-5-20-21(11-19)30-10-9-29-20/h2-5,7,11-13,17H,6,8-10,14-15H2,1H3. The smallest absolute Gasteiger partial charge is 0.243 e. The summed E-state index contributed by atoms with van der Waals surface area (Å²) in [6, 6.07) is 8.71. The number of aryl methyl sites for hydroxylation is 1. The average molecular weight is 441 g/mol. The highest BCUT2D eigenvalue weighted by molar-refractivity contribution is 7.89. The van der Waals surface area contributed by atoms with E-state index in [1.54, 1.807) is 34.9 Å². The Morgan fingerprint density at radius 1 is 1.13 bits per heavy atom. The van der Waals surface area contributed by atoms with Crippen LogP contribution in [0.15, 0.2) is 53.8 Å². The van der Waals surface area contributed by atoms with E-state index in [0.717, 1.165) is 23.5 Å². The quantitative estimate of drug-likeness (QED) is 0.606. The van der Waals surface area contributed by atoms with Gasteiger partial charge in [0.05, 0.1) is 4.90 Å². The highest BCUT2D eigenvalue weighted by Crippen LogP contribution is 2.34. The zero-order valence-corrected chi connectivity index (χ0v) is 18.1. The Hall–Kier alpha value is -2.91. The van der Waals surface area contributed by atoms with Crippen molar-refractivity contribution in [1.82, 2.24) is 18.8 Å². The number of hydrogen-bond acceptors (Lipinski definition) is 6. The molecule has 1 aromatic carbocycles. The van der Waals surface area contributed by atoms with Crippen LogP contribution in [0.25, 0.3) is 11.4 Å². The number of ether oxygens (including phenoxy) is 2. The van der Waals surface area contributed by atoms with Gasteiger partial charge in [-0.2, -0.15) is 4.31 Å². The van der Waals surface area contributed by atoms with E-state index in [2.05, 4.69) is 14.5 Å². The Kier molecular flexibility index (Phi) is 5.15. The summed E-state index contributed by atoms with van der Waals surface area (Å²) in [6.45, 7) is 4.60. The van der Waals surface area contributed by atoms with Gasteiger partial charge in [-0.3, -0.25) is 4.98 Å². The molecule has 2 aromatic heterocycles. The van der Waals surface area contributed by atoms with Gasteiger partial charge in [-0.05, 0) is 43.5 Å². The lowest BCUT2D eigenvalue weighted by atomic mass is 10.1. The summed E-state index contributed by atoms with van der Waals surface area (Å²) in [5, 5.41) is 0. The fourth-order valence-electron chi connectivity index (χ4n) is 4.17. The van der Waals surface area contributed by atoms with Gasteiger partial charge in [0.15, 0.2) is 11.5 Å². The zero-order chi connectivity index (χ0) is 21.4. The number of imidazole rings is 1. The molecule has 0 saturated carbocycles. The molecule has 9 heteroatoms. The van der Waals surface area contributed by atoms with Crippen LogP contribution in [-0.2, 0) is 16.6 Å². The van der Waals surface area contributed by atoms with Crippen LogP contribution in [0, 0.1) is 12.8 Å². The number of sulfonamides is 1. The van der Waals surface area contributed by atoms with Crippen LogP contribution in [0.4, 0.5) is 0 Å². The third kappa shape index (κ3) is 3.79. The van der Waals surface area contributed by atoms with Gasteiger partial charge in [-0.15, -0.1) is 0 Å². The summed E-state index contributed by atoms with van der Waals surface area (Å²) < 4.78 is 41.2. The molecule has 1 fully saturated rings. The van der Waals surface area contributed by atoms with E-state index in [4.69, 9.17) is 9.47 Å². The van der Waals surface area contributed by atoms with Gasteiger partial charge in [0, 0.05) is 55.5 Å². The molecule has 1 saturated heterocycles. The largest absolute Gasteiger partial charge is 0.486 e. The van der Waals surface area contributed by atoms with Crippen LogP contribution in [0.3, 0.4) is 0 Å². The molecule has 0 bridgehead atoms. The second-order valence-electron chi connectivity index (χ2n) is 7.90. The van der Waals surface area contributed by atoms with E-state index in [1.807, 2.05) is 25.3 Å². The molecule has 4 heterocycles. The molecule has 0 amide bonds. The first-order valence-electron chi connectivity index (χ1n) is 10.3. The molecule has 0 radical (unpaired) electrons. The van der Waals surface area contributed by atoms with Crippen LogP contribution >= 0.6 is 0 Å². The van der Waals surface area contributed by atoms with Crippen LogP contribution in [0.5, 0.6) is 11.5 Å². The summed E-state index contributed by atoms with van der Waals surface area (Å²) in [5.41, 5.74) is 2.00. The van der Waals surface area contributed by atoms with E-state index >= 15 is 0 Å². The van der Waals surface area contributed by atoms with Gasteiger partial charge in [-0.25, -0.2) is 13.4 Å². The molecule has 5 rings (SSSR count). The van der Waals surface area contributed by atoms with Gasteiger partial charge < -0.3 is 14.0 Å². The lowest BCUT2D eigenvalue weighted by molar-refractivity contribution is 0.171. The number of pyridine rings is 1. The normalized spacial score (nSPS) is 18.9. The second kappa shape index (κ2) is 7.97. The number of rotatable bonds is 5. The van der Waals surface area contributed by atoms with Crippen molar-refractivity contribution in [2.45, 2.75) is 24.8 Å². The third-order valence-electron chi connectivity index (χ3n) is 5.82. The summed E-state index contributed by atoms with van der Waals surface area (Å²) in [7, 11) is -3.59. The summed E-state index contributed by atoms with van der Waals surface area (Å²) in [6.07, 6.45) is 6.18. The monoisotopic (exact) mass is 440 g/mol. The molecule has 31 heavy (non-hydrogen) atoms. The molecular weight excluding hydrogens is 416 g/mol. The van der Waals surface area contributed by atoms with Gasteiger partial charge in [0.1, 0.15) is 19.0 Å². The minimum Gasteiger partial charge on any atom is -0.486 e. The fraction of sp³-hybridized carbons (Fsp3) is 0.364. The number of hydrogen-bond donors (Lipinski definition) is 0. The Morgan fingerprint density at radius 3 is 2.77 bits per heavy atom. The van der Waals surface area contributed by atoms with E-state index in [-0.39, 0.29) is 10.8 Å². The van der Waals surface area contributed by atoms with Crippen LogP contribution in [0.2, 0.25) is 0 Å².